The highest BCUT2D eigenvalue weighted by Crippen LogP contribution is 2.33. The molecular weight excluding hydrogens is 364 g/mol. The van der Waals surface area contributed by atoms with Crippen LogP contribution in [0.3, 0.4) is 0 Å². The molecule has 0 aliphatic carbocycles. The summed E-state index contributed by atoms with van der Waals surface area (Å²) in [6.45, 7) is 3.87. The van der Waals surface area contributed by atoms with Crippen molar-refractivity contribution in [3.05, 3.63) is 47.5 Å². The largest absolute Gasteiger partial charge is 0.489 e. The molecule has 0 aliphatic rings. The van der Waals surface area contributed by atoms with E-state index in [1.165, 1.54) is 11.3 Å². The van der Waals surface area contributed by atoms with Crippen LogP contribution in [0, 0.1) is 0 Å². The minimum absolute atomic E-state index is 0.0118. The number of carbonyl (C=O) groups excluding carboxylic acids is 1. The lowest BCUT2D eigenvalue weighted by Crippen LogP contribution is -2.12. The molecule has 0 saturated heterocycles. The van der Waals surface area contributed by atoms with Crippen molar-refractivity contribution in [2.24, 2.45) is 5.73 Å². The number of nitrogens with one attached hydrogen (secondary N) is 1. The van der Waals surface area contributed by atoms with Crippen LogP contribution in [0.5, 0.6) is 11.6 Å². The first-order valence-electron chi connectivity index (χ1n) is 8.29. The summed E-state index contributed by atoms with van der Waals surface area (Å²) in [5.41, 5.74) is 8.09. The number of amides is 1. The van der Waals surface area contributed by atoms with E-state index in [0.29, 0.717) is 28.0 Å². The molecule has 1 aromatic carbocycles. The standard InChI is InChI=1S/C19H20N4O3S/c1-11(2)26-16-6-4-12(18(20)24)8-14(16)22-19-23-15(10-27-19)13-5-7-17(25-3)21-9-13/h4-11H,1-3H3,(H2,20,24)(H,22,23). The van der Waals surface area contributed by atoms with Gasteiger partial charge in [-0.25, -0.2) is 9.97 Å². The van der Waals surface area contributed by atoms with E-state index in [1.54, 1.807) is 37.6 Å². The van der Waals surface area contributed by atoms with E-state index in [1.807, 2.05) is 25.3 Å². The highest BCUT2D eigenvalue weighted by atomic mass is 32.1. The number of thiazole rings is 1. The van der Waals surface area contributed by atoms with Crippen LogP contribution in [-0.4, -0.2) is 29.1 Å². The fourth-order valence-corrected chi connectivity index (χ4v) is 3.10. The predicted octanol–water partition coefficient (Wildman–Crippen LogP) is 3.84. The Morgan fingerprint density at radius 2 is 2.07 bits per heavy atom. The van der Waals surface area contributed by atoms with Crippen molar-refractivity contribution in [1.29, 1.82) is 0 Å². The molecule has 3 aromatic rings. The highest BCUT2D eigenvalue weighted by Gasteiger charge is 2.12. The molecule has 0 unspecified atom stereocenters. The Bertz CT molecular complexity index is 938. The van der Waals surface area contributed by atoms with Gasteiger partial charge in [0, 0.05) is 28.8 Å². The molecule has 0 radical (unpaired) electrons. The number of rotatable bonds is 7. The van der Waals surface area contributed by atoms with Crippen molar-refractivity contribution in [2.45, 2.75) is 20.0 Å². The van der Waals surface area contributed by atoms with E-state index >= 15 is 0 Å². The summed E-state index contributed by atoms with van der Waals surface area (Å²) in [4.78, 5) is 20.3. The van der Waals surface area contributed by atoms with Crippen LogP contribution in [0.15, 0.2) is 41.9 Å². The van der Waals surface area contributed by atoms with Gasteiger partial charge < -0.3 is 20.5 Å². The second-order valence-corrected chi connectivity index (χ2v) is 6.85. The summed E-state index contributed by atoms with van der Waals surface area (Å²) in [5.74, 6) is 0.669. The number of pyridine rings is 1. The third-order valence-corrected chi connectivity index (χ3v) is 4.37. The molecule has 0 aliphatic heterocycles. The Labute approximate surface area is 161 Å². The van der Waals surface area contributed by atoms with Gasteiger partial charge in [0.25, 0.3) is 0 Å². The molecule has 0 atom stereocenters. The average Bonchev–Trinajstić information content (AvgIpc) is 3.11. The Balaban J connectivity index is 1.87. The van der Waals surface area contributed by atoms with Gasteiger partial charge in [-0.15, -0.1) is 11.3 Å². The van der Waals surface area contributed by atoms with Crippen LogP contribution in [0.4, 0.5) is 10.8 Å². The summed E-state index contributed by atoms with van der Waals surface area (Å²) in [5, 5.41) is 5.80. The van der Waals surface area contributed by atoms with Gasteiger partial charge in [0.2, 0.25) is 11.8 Å². The van der Waals surface area contributed by atoms with Gasteiger partial charge >= 0.3 is 0 Å². The first-order valence-corrected chi connectivity index (χ1v) is 9.17. The number of anilines is 2. The molecule has 8 heteroatoms. The molecule has 3 rings (SSSR count). The van der Waals surface area contributed by atoms with E-state index in [-0.39, 0.29) is 6.10 Å². The Morgan fingerprint density at radius 1 is 1.26 bits per heavy atom. The van der Waals surface area contributed by atoms with Gasteiger partial charge in [0.1, 0.15) is 5.75 Å². The molecule has 0 fully saturated rings. The zero-order valence-electron chi connectivity index (χ0n) is 15.2. The second-order valence-electron chi connectivity index (χ2n) is 5.99. The van der Waals surface area contributed by atoms with Crippen LogP contribution < -0.4 is 20.5 Å². The highest BCUT2D eigenvalue weighted by molar-refractivity contribution is 7.14. The van der Waals surface area contributed by atoms with E-state index in [9.17, 15) is 4.79 Å². The molecule has 0 saturated carbocycles. The second kappa shape index (κ2) is 8.05. The smallest absolute Gasteiger partial charge is 0.248 e. The van der Waals surface area contributed by atoms with Gasteiger partial charge in [-0.1, -0.05) is 0 Å². The zero-order chi connectivity index (χ0) is 19.4. The van der Waals surface area contributed by atoms with Crippen LogP contribution in [0.25, 0.3) is 11.3 Å². The van der Waals surface area contributed by atoms with Crippen molar-refractivity contribution in [3.63, 3.8) is 0 Å². The van der Waals surface area contributed by atoms with Gasteiger partial charge in [0.15, 0.2) is 5.13 Å². The molecular formula is C19H20N4O3S. The van der Waals surface area contributed by atoms with Crippen molar-refractivity contribution in [2.75, 3.05) is 12.4 Å². The summed E-state index contributed by atoms with van der Waals surface area (Å²) in [6, 6.07) is 8.71. The molecule has 2 aromatic heterocycles. The third-order valence-electron chi connectivity index (χ3n) is 3.61. The molecule has 140 valence electrons. The fourth-order valence-electron chi connectivity index (χ4n) is 2.37. The van der Waals surface area contributed by atoms with Gasteiger partial charge in [-0.3, -0.25) is 4.79 Å². The van der Waals surface area contributed by atoms with Crippen LogP contribution >= 0.6 is 11.3 Å². The molecule has 0 spiro atoms. The first kappa shape index (κ1) is 18.7. The number of carbonyl (C=O) groups is 1. The molecule has 3 N–H and O–H groups in total. The number of primary amides is 1. The molecule has 27 heavy (non-hydrogen) atoms. The van der Waals surface area contributed by atoms with E-state index < -0.39 is 5.91 Å². The molecule has 1 amide bonds. The SMILES string of the molecule is COc1ccc(-c2csc(Nc3cc(C(N)=O)ccc3OC(C)C)n2)cn1. The number of aromatic nitrogens is 2. The summed E-state index contributed by atoms with van der Waals surface area (Å²) < 4.78 is 10.9. The number of methoxy groups -OCH3 is 1. The summed E-state index contributed by atoms with van der Waals surface area (Å²) in [6.07, 6.45) is 1.70. The minimum atomic E-state index is -0.502. The zero-order valence-corrected chi connectivity index (χ0v) is 16.0. The van der Waals surface area contributed by atoms with Crippen molar-refractivity contribution < 1.29 is 14.3 Å². The fraction of sp³-hybridized carbons (Fsp3) is 0.211. The topological polar surface area (TPSA) is 99.4 Å². The Hall–Kier alpha value is -3.13. The molecule has 0 bridgehead atoms. The first-order chi connectivity index (χ1) is 13.0. The number of nitrogens with zero attached hydrogens (tertiary/aromatic N) is 2. The van der Waals surface area contributed by atoms with Crippen molar-refractivity contribution in [1.82, 2.24) is 9.97 Å². The molecule has 7 nitrogen and oxygen atoms in total. The lowest BCUT2D eigenvalue weighted by Gasteiger charge is -2.15. The van der Waals surface area contributed by atoms with Gasteiger partial charge in [0.05, 0.1) is 24.6 Å². The number of nitrogens with two attached hydrogens (primary N) is 1. The third kappa shape index (κ3) is 4.53. The predicted molar refractivity (Wildman–Crippen MR) is 106 cm³/mol. The number of hydrogen-bond donors (Lipinski definition) is 2. The van der Waals surface area contributed by atoms with Gasteiger partial charge in [-0.05, 0) is 38.1 Å². The van der Waals surface area contributed by atoms with E-state index in [4.69, 9.17) is 15.2 Å². The lowest BCUT2D eigenvalue weighted by molar-refractivity contribution is 0.100. The molecule has 2 heterocycles. The van der Waals surface area contributed by atoms with E-state index in [2.05, 4.69) is 15.3 Å². The number of benzene rings is 1. The maximum Gasteiger partial charge on any atom is 0.248 e. The van der Waals surface area contributed by atoms with Gasteiger partial charge in [-0.2, -0.15) is 0 Å². The monoisotopic (exact) mass is 384 g/mol. The van der Waals surface area contributed by atoms with Crippen LogP contribution in [0.1, 0.15) is 24.2 Å². The Morgan fingerprint density at radius 3 is 2.70 bits per heavy atom. The lowest BCUT2D eigenvalue weighted by atomic mass is 10.1. The summed E-state index contributed by atoms with van der Waals surface area (Å²) in [7, 11) is 1.57. The Kier molecular flexibility index (Phi) is 5.56. The van der Waals surface area contributed by atoms with Crippen LogP contribution in [0.2, 0.25) is 0 Å². The van der Waals surface area contributed by atoms with Crippen molar-refractivity contribution >= 4 is 28.1 Å². The van der Waals surface area contributed by atoms with Crippen molar-refractivity contribution in [3.8, 4) is 22.9 Å². The van der Waals surface area contributed by atoms with Crippen LogP contribution in [-0.2, 0) is 0 Å². The number of ether oxygens (including phenoxy) is 2. The normalized spacial score (nSPS) is 10.7. The summed E-state index contributed by atoms with van der Waals surface area (Å²) >= 11 is 1.44. The quantitative estimate of drug-likeness (QED) is 0.642. The number of hydrogen-bond acceptors (Lipinski definition) is 7. The maximum absolute atomic E-state index is 11.5. The minimum Gasteiger partial charge on any atom is -0.489 e. The van der Waals surface area contributed by atoms with E-state index in [0.717, 1.165) is 11.3 Å². The average molecular weight is 384 g/mol. The maximum atomic E-state index is 11.5.